The minimum absolute atomic E-state index is 0.805. The molecule has 0 aromatic carbocycles. The summed E-state index contributed by atoms with van der Waals surface area (Å²) < 4.78 is 0. The van der Waals surface area contributed by atoms with Crippen molar-refractivity contribution in [1.29, 1.82) is 0 Å². The molecule has 0 saturated heterocycles. The lowest BCUT2D eigenvalue weighted by molar-refractivity contribution is 0.843. The molecule has 1 unspecified atom stereocenters. The monoisotopic (exact) mass is 434 g/mol. The Morgan fingerprint density at radius 3 is 1.08 bits per heavy atom. The van der Waals surface area contributed by atoms with Gasteiger partial charge in [-0.25, -0.2) is 0 Å². The lowest BCUT2D eigenvalue weighted by Crippen LogP contribution is -2.43. The normalized spacial score (nSPS) is 15.3. The molecule has 0 aliphatic carbocycles. The Labute approximate surface area is 177 Å². The van der Waals surface area contributed by atoms with Crippen molar-refractivity contribution >= 4 is 36.9 Å². The Hall–Kier alpha value is 1.13. The second kappa shape index (κ2) is 11.4. The van der Waals surface area contributed by atoms with Crippen molar-refractivity contribution in [3.63, 3.8) is 0 Å². The van der Waals surface area contributed by atoms with Crippen molar-refractivity contribution in [2.24, 2.45) is 0 Å². The zero-order valence-electron chi connectivity index (χ0n) is 20.3. The lowest BCUT2D eigenvalue weighted by atomic mass is 10.4. The summed E-state index contributed by atoms with van der Waals surface area (Å²) in [5.41, 5.74) is 5.18. The molecule has 0 spiro atoms. The molecular formula is C22H50S2Si2. The van der Waals surface area contributed by atoms with Crippen molar-refractivity contribution in [2.75, 3.05) is 5.75 Å². The minimum atomic E-state index is -1.33. The molecule has 0 saturated carbocycles. The Morgan fingerprint density at radius 1 is 0.500 bits per heavy atom. The largest absolute Gasteiger partial charge is 0.184 e. The van der Waals surface area contributed by atoms with Crippen LogP contribution in [0.2, 0.25) is 33.2 Å². The fraction of sp³-hybridized carbons (Fsp3) is 1.00. The number of hydrogen-bond acceptors (Lipinski definition) is 2. The molecule has 0 rings (SSSR count). The molecule has 0 radical (unpaired) electrons. The van der Waals surface area contributed by atoms with E-state index in [4.69, 9.17) is 0 Å². The summed E-state index contributed by atoms with van der Waals surface area (Å²) in [4.78, 5) is 0. The van der Waals surface area contributed by atoms with E-state index in [1.807, 2.05) is 0 Å². The minimum Gasteiger partial charge on any atom is -0.184 e. The summed E-state index contributed by atoms with van der Waals surface area (Å²) >= 11 is 4.85. The van der Waals surface area contributed by atoms with Crippen molar-refractivity contribution in [3.05, 3.63) is 0 Å². The smallest absolute Gasteiger partial charge is 0.125 e. The first kappa shape index (κ1) is 27.1. The van der Waals surface area contributed by atoms with Gasteiger partial charge in [-0.05, 0) is 50.7 Å². The van der Waals surface area contributed by atoms with Crippen LogP contribution in [0.5, 0.6) is 0 Å². The number of rotatable bonds is 12. The third-order valence-corrected chi connectivity index (χ3v) is 32.5. The van der Waals surface area contributed by atoms with E-state index in [0.717, 1.165) is 38.5 Å². The predicted molar refractivity (Wildman–Crippen MR) is 136 cm³/mol. The van der Waals surface area contributed by atoms with Crippen LogP contribution in [0.1, 0.15) is 96.4 Å². The van der Waals surface area contributed by atoms with Gasteiger partial charge in [-0.15, -0.1) is 0 Å². The summed E-state index contributed by atoms with van der Waals surface area (Å²) in [5, 5.41) is 0.805. The van der Waals surface area contributed by atoms with Gasteiger partial charge in [-0.3, -0.25) is 0 Å². The zero-order chi connectivity index (χ0) is 20.9. The highest BCUT2D eigenvalue weighted by molar-refractivity contribution is 8.30. The summed E-state index contributed by atoms with van der Waals surface area (Å²) in [6, 6.07) is 0. The number of hydrogen-bond donors (Lipinski definition) is 0. The van der Waals surface area contributed by atoms with Crippen LogP contribution >= 0.6 is 22.4 Å². The predicted octanol–water partition coefficient (Wildman–Crippen LogP) is 9.58. The van der Waals surface area contributed by atoms with Gasteiger partial charge >= 0.3 is 0 Å². The average molecular weight is 435 g/mol. The first-order valence-electron chi connectivity index (χ1n) is 11.1. The maximum absolute atomic E-state index is 2.52. The van der Waals surface area contributed by atoms with Gasteiger partial charge in [-0.1, -0.05) is 90.0 Å². The quantitative estimate of drug-likeness (QED) is 0.280. The first-order valence-corrected chi connectivity index (χ1v) is 18.9. The molecule has 0 aromatic rings. The standard InChI is InChI=1S/C22H50S2Si2/c1-16(2)25(17(3)4,18(5)6)23-15-14-22(13)24-26(19(7)8,20(9)10)21(11)12/h16-22H,14-15H2,1-13H3. The highest BCUT2D eigenvalue weighted by atomic mass is 32.4. The molecule has 158 valence electrons. The average Bonchev–Trinajstić information content (AvgIpc) is 2.46. The molecule has 1 atom stereocenters. The summed E-state index contributed by atoms with van der Waals surface area (Å²) in [7, 11) is -2.63. The molecule has 0 aliphatic rings. The van der Waals surface area contributed by atoms with Crippen molar-refractivity contribution < 1.29 is 0 Å². The van der Waals surface area contributed by atoms with Gasteiger partial charge in [0.15, 0.2) is 0 Å². The van der Waals surface area contributed by atoms with Gasteiger partial charge in [0, 0.05) is 0 Å². The SMILES string of the molecule is CC(CCS[Si](C(C)C)(C(C)C)C(C)C)S[Si](C(C)C)(C(C)C)C(C)C. The molecule has 0 aliphatic heterocycles. The Kier molecular flexibility index (Phi) is 11.8. The van der Waals surface area contributed by atoms with E-state index in [9.17, 15) is 0 Å². The van der Waals surface area contributed by atoms with E-state index < -0.39 is 14.4 Å². The molecule has 26 heavy (non-hydrogen) atoms. The van der Waals surface area contributed by atoms with Crippen LogP contribution in [0.3, 0.4) is 0 Å². The molecule has 4 heteroatoms. The molecule has 0 bridgehead atoms. The van der Waals surface area contributed by atoms with Gasteiger partial charge in [0.25, 0.3) is 0 Å². The van der Waals surface area contributed by atoms with Gasteiger partial charge < -0.3 is 0 Å². The second-order valence-electron chi connectivity index (χ2n) is 10.2. The lowest BCUT2D eigenvalue weighted by Gasteiger charge is -2.45. The van der Waals surface area contributed by atoms with Crippen LogP contribution in [0.15, 0.2) is 0 Å². The molecule has 0 N–H and O–H groups in total. The van der Waals surface area contributed by atoms with Crippen molar-refractivity contribution in [2.45, 2.75) is 135 Å². The van der Waals surface area contributed by atoms with Crippen molar-refractivity contribution in [3.8, 4) is 0 Å². The fourth-order valence-electron chi connectivity index (χ4n) is 5.72. The van der Waals surface area contributed by atoms with Crippen molar-refractivity contribution in [1.82, 2.24) is 0 Å². The zero-order valence-corrected chi connectivity index (χ0v) is 23.9. The Bertz CT molecular complexity index is 346. The van der Waals surface area contributed by atoms with E-state index in [1.54, 1.807) is 0 Å². The molecule has 0 heterocycles. The van der Waals surface area contributed by atoms with Crippen LogP contribution in [0.25, 0.3) is 0 Å². The van der Waals surface area contributed by atoms with Crippen LogP contribution in [0.4, 0.5) is 0 Å². The Morgan fingerprint density at radius 2 is 0.808 bits per heavy atom. The molecule has 0 nitrogen and oxygen atoms in total. The van der Waals surface area contributed by atoms with Gasteiger partial charge in [0.05, 0.1) is 0 Å². The van der Waals surface area contributed by atoms with Gasteiger partial charge in [0.2, 0.25) is 0 Å². The third kappa shape index (κ3) is 6.06. The maximum atomic E-state index is 2.52. The summed E-state index contributed by atoms with van der Waals surface area (Å²) in [6.45, 7) is 32.4. The van der Waals surface area contributed by atoms with E-state index >= 15 is 0 Å². The fourth-order valence-corrected chi connectivity index (χ4v) is 26.7. The van der Waals surface area contributed by atoms with Gasteiger partial charge in [0.1, 0.15) is 14.4 Å². The topological polar surface area (TPSA) is 0 Å². The first-order chi connectivity index (χ1) is 11.8. The molecular weight excluding hydrogens is 385 g/mol. The third-order valence-electron chi connectivity index (χ3n) is 6.70. The summed E-state index contributed by atoms with van der Waals surface area (Å²) in [5.74, 6) is 1.37. The molecule has 0 amide bonds. The van der Waals surface area contributed by atoms with E-state index in [-0.39, 0.29) is 0 Å². The highest BCUT2D eigenvalue weighted by Gasteiger charge is 2.45. The van der Waals surface area contributed by atoms with Gasteiger partial charge in [-0.2, -0.15) is 22.4 Å². The maximum Gasteiger partial charge on any atom is 0.125 e. The van der Waals surface area contributed by atoms with Crippen LogP contribution in [-0.4, -0.2) is 25.4 Å². The van der Waals surface area contributed by atoms with E-state index in [2.05, 4.69) is 112 Å². The highest BCUT2D eigenvalue weighted by Crippen LogP contribution is 2.52. The van der Waals surface area contributed by atoms with E-state index in [1.165, 1.54) is 12.2 Å². The van der Waals surface area contributed by atoms with E-state index in [0.29, 0.717) is 0 Å². The molecule has 0 fully saturated rings. The Balaban J connectivity index is 5.10. The van der Waals surface area contributed by atoms with Crippen LogP contribution in [-0.2, 0) is 0 Å². The second-order valence-corrected chi connectivity index (χ2v) is 28.1. The molecule has 0 aromatic heterocycles. The van der Waals surface area contributed by atoms with Crippen LogP contribution in [0, 0.1) is 0 Å². The van der Waals surface area contributed by atoms with Crippen LogP contribution < -0.4 is 0 Å². The summed E-state index contributed by atoms with van der Waals surface area (Å²) in [6.07, 6.45) is 1.39.